The van der Waals surface area contributed by atoms with E-state index in [0.29, 0.717) is 11.3 Å². The second kappa shape index (κ2) is 3.98. The Kier molecular flexibility index (Phi) is 3.13. The van der Waals surface area contributed by atoms with Gasteiger partial charge in [-0.15, -0.1) is 0 Å². The summed E-state index contributed by atoms with van der Waals surface area (Å²) in [5.74, 6) is -0.322. The Morgan fingerprint density at radius 2 is 2.07 bits per heavy atom. The molecule has 14 heavy (non-hydrogen) atoms. The van der Waals surface area contributed by atoms with Crippen LogP contribution in [0.15, 0.2) is 23.1 Å². The van der Waals surface area contributed by atoms with E-state index in [2.05, 4.69) is 4.74 Å². The summed E-state index contributed by atoms with van der Waals surface area (Å²) in [6.07, 6.45) is 0. The number of anilines is 1. The number of ether oxygens (including phenoxy) is 1. The molecule has 0 bridgehead atoms. The SMILES string of the molecule is COCS(=O)(=O)c1cc(N)ccc1C. The van der Waals surface area contributed by atoms with Crippen molar-refractivity contribution in [3.05, 3.63) is 23.8 Å². The summed E-state index contributed by atoms with van der Waals surface area (Å²) >= 11 is 0. The zero-order valence-electron chi connectivity index (χ0n) is 8.15. The second-order valence-electron chi connectivity index (χ2n) is 3.05. The van der Waals surface area contributed by atoms with E-state index in [4.69, 9.17) is 5.73 Å². The Balaban J connectivity index is 3.25. The first-order chi connectivity index (χ1) is 6.47. The van der Waals surface area contributed by atoms with Gasteiger partial charge in [0.15, 0.2) is 5.94 Å². The van der Waals surface area contributed by atoms with Crippen molar-refractivity contribution in [3.63, 3.8) is 0 Å². The lowest BCUT2D eigenvalue weighted by Gasteiger charge is -2.07. The Bertz CT molecular complexity index is 426. The molecule has 1 aromatic rings. The van der Waals surface area contributed by atoms with Gasteiger partial charge in [-0.3, -0.25) is 0 Å². The van der Waals surface area contributed by atoms with Gasteiger partial charge < -0.3 is 10.5 Å². The minimum atomic E-state index is -3.37. The van der Waals surface area contributed by atoms with Crippen molar-refractivity contribution in [2.75, 3.05) is 18.8 Å². The monoisotopic (exact) mass is 215 g/mol. The maximum Gasteiger partial charge on any atom is 0.202 e. The molecule has 0 aromatic heterocycles. The predicted octanol–water partition coefficient (Wildman–Crippen LogP) is 0.955. The summed E-state index contributed by atoms with van der Waals surface area (Å²) in [5.41, 5.74) is 6.63. The van der Waals surface area contributed by atoms with Crippen LogP contribution in [-0.2, 0) is 14.6 Å². The summed E-state index contributed by atoms with van der Waals surface area (Å²) in [6, 6.07) is 4.79. The van der Waals surface area contributed by atoms with Crippen LogP contribution in [0, 0.1) is 6.92 Å². The summed E-state index contributed by atoms with van der Waals surface area (Å²) in [7, 11) is -2.02. The van der Waals surface area contributed by atoms with Gasteiger partial charge in [0.05, 0.1) is 4.90 Å². The highest BCUT2D eigenvalue weighted by atomic mass is 32.2. The summed E-state index contributed by atoms with van der Waals surface area (Å²) in [6.45, 7) is 1.72. The molecule has 0 aliphatic carbocycles. The lowest BCUT2D eigenvalue weighted by atomic mass is 10.2. The molecule has 0 radical (unpaired) electrons. The van der Waals surface area contributed by atoms with E-state index in [1.165, 1.54) is 13.2 Å². The van der Waals surface area contributed by atoms with Crippen LogP contribution in [0.2, 0.25) is 0 Å². The molecule has 4 nitrogen and oxygen atoms in total. The Labute approximate surface area is 83.6 Å². The van der Waals surface area contributed by atoms with Crippen LogP contribution in [0.5, 0.6) is 0 Å². The molecule has 0 atom stereocenters. The van der Waals surface area contributed by atoms with Crippen molar-refractivity contribution < 1.29 is 13.2 Å². The van der Waals surface area contributed by atoms with Crippen molar-refractivity contribution in [1.29, 1.82) is 0 Å². The summed E-state index contributed by atoms with van der Waals surface area (Å²) in [4.78, 5) is 0.236. The molecule has 0 aliphatic heterocycles. The van der Waals surface area contributed by atoms with Crippen molar-refractivity contribution in [3.8, 4) is 0 Å². The van der Waals surface area contributed by atoms with Gasteiger partial charge in [0.2, 0.25) is 9.84 Å². The smallest absolute Gasteiger partial charge is 0.202 e. The van der Waals surface area contributed by atoms with E-state index >= 15 is 0 Å². The van der Waals surface area contributed by atoms with Crippen LogP contribution in [0.25, 0.3) is 0 Å². The highest BCUT2D eigenvalue weighted by Crippen LogP contribution is 2.19. The number of sulfone groups is 1. The molecule has 0 saturated heterocycles. The number of nitrogen functional groups attached to an aromatic ring is 1. The number of nitrogens with two attached hydrogens (primary N) is 1. The van der Waals surface area contributed by atoms with Crippen LogP contribution in [-0.4, -0.2) is 21.5 Å². The zero-order valence-corrected chi connectivity index (χ0v) is 8.97. The maximum absolute atomic E-state index is 11.6. The van der Waals surface area contributed by atoms with Crippen LogP contribution in [0.4, 0.5) is 5.69 Å². The van der Waals surface area contributed by atoms with Gasteiger partial charge in [0, 0.05) is 12.8 Å². The molecule has 5 heteroatoms. The van der Waals surface area contributed by atoms with Gasteiger partial charge in [-0.1, -0.05) is 6.07 Å². The van der Waals surface area contributed by atoms with Gasteiger partial charge in [0.25, 0.3) is 0 Å². The number of benzene rings is 1. The number of aryl methyl sites for hydroxylation is 1. The standard InChI is InChI=1S/C9H13NO3S/c1-7-3-4-8(10)5-9(7)14(11,12)6-13-2/h3-5H,6,10H2,1-2H3. The highest BCUT2D eigenvalue weighted by Gasteiger charge is 2.16. The van der Waals surface area contributed by atoms with Gasteiger partial charge >= 0.3 is 0 Å². The van der Waals surface area contributed by atoms with E-state index in [-0.39, 0.29) is 10.8 Å². The first kappa shape index (κ1) is 11.0. The van der Waals surface area contributed by atoms with E-state index < -0.39 is 9.84 Å². The average Bonchev–Trinajstić information content (AvgIpc) is 2.09. The third kappa shape index (κ3) is 2.24. The van der Waals surface area contributed by atoms with Gasteiger partial charge in [-0.25, -0.2) is 8.42 Å². The molecule has 0 fully saturated rings. The molecule has 0 unspecified atom stereocenters. The van der Waals surface area contributed by atoms with E-state index in [1.807, 2.05) is 0 Å². The molecule has 0 amide bonds. The Morgan fingerprint density at radius 3 is 2.64 bits per heavy atom. The lowest BCUT2D eigenvalue weighted by molar-refractivity contribution is 0.249. The van der Waals surface area contributed by atoms with Crippen molar-refractivity contribution >= 4 is 15.5 Å². The van der Waals surface area contributed by atoms with Crippen LogP contribution in [0.1, 0.15) is 5.56 Å². The number of methoxy groups -OCH3 is 1. The maximum atomic E-state index is 11.6. The van der Waals surface area contributed by atoms with Gasteiger partial charge in [-0.05, 0) is 24.6 Å². The van der Waals surface area contributed by atoms with Crippen molar-refractivity contribution in [1.82, 2.24) is 0 Å². The molecule has 0 saturated carbocycles. The van der Waals surface area contributed by atoms with Crippen LogP contribution < -0.4 is 5.73 Å². The first-order valence-corrected chi connectivity index (χ1v) is 5.70. The van der Waals surface area contributed by atoms with Crippen molar-refractivity contribution in [2.45, 2.75) is 11.8 Å². The fraction of sp³-hybridized carbons (Fsp3) is 0.333. The molecule has 0 aliphatic rings. The van der Waals surface area contributed by atoms with Crippen LogP contribution >= 0.6 is 0 Å². The topological polar surface area (TPSA) is 69.4 Å². The molecule has 2 N–H and O–H groups in total. The lowest BCUT2D eigenvalue weighted by Crippen LogP contribution is -2.10. The molecule has 0 heterocycles. The molecule has 78 valence electrons. The largest absolute Gasteiger partial charge is 0.399 e. The molecule has 1 aromatic carbocycles. The molecular weight excluding hydrogens is 202 g/mol. The first-order valence-electron chi connectivity index (χ1n) is 4.05. The fourth-order valence-electron chi connectivity index (χ4n) is 1.17. The van der Waals surface area contributed by atoms with Gasteiger partial charge in [-0.2, -0.15) is 0 Å². The third-order valence-corrected chi connectivity index (χ3v) is 3.48. The van der Waals surface area contributed by atoms with Gasteiger partial charge in [0.1, 0.15) is 0 Å². The van der Waals surface area contributed by atoms with Crippen LogP contribution in [0.3, 0.4) is 0 Å². The normalized spacial score (nSPS) is 11.6. The number of hydrogen-bond acceptors (Lipinski definition) is 4. The Hall–Kier alpha value is -1.07. The van der Waals surface area contributed by atoms with E-state index in [1.54, 1.807) is 19.1 Å². The molecule has 1 rings (SSSR count). The minimum absolute atomic E-state index is 0.236. The number of hydrogen-bond donors (Lipinski definition) is 1. The predicted molar refractivity (Wildman–Crippen MR) is 54.7 cm³/mol. The third-order valence-electron chi connectivity index (χ3n) is 1.82. The number of rotatable bonds is 3. The van der Waals surface area contributed by atoms with Crippen molar-refractivity contribution in [2.24, 2.45) is 0 Å². The fourth-order valence-corrected chi connectivity index (χ4v) is 2.48. The zero-order chi connectivity index (χ0) is 10.8. The highest BCUT2D eigenvalue weighted by molar-refractivity contribution is 7.91. The second-order valence-corrected chi connectivity index (χ2v) is 4.95. The molecule has 0 spiro atoms. The average molecular weight is 215 g/mol. The summed E-state index contributed by atoms with van der Waals surface area (Å²) < 4.78 is 27.9. The minimum Gasteiger partial charge on any atom is -0.399 e. The van der Waals surface area contributed by atoms with E-state index in [0.717, 1.165) is 0 Å². The quantitative estimate of drug-likeness (QED) is 0.762. The molecular formula is C9H13NO3S. The Morgan fingerprint density at radius 1 is 1.43 bits per heavy atom. The van der Waals surface area contributed by atoms with E-state index in [9.17, 15) is 8.42 Å². The summed E-state index contributed by atoms with van der Waals surface area (Å²) in [5, 5.41) is 0.